The van der Waals surface area contributed by atoms with Gasteiger partial charge in [0.05, 0.1) is 0 Å². The summed E-state index contributed by atoms with van der Waals surface area (Å²) in [6.07, 6.45) is -4.00. The average molecular weight is 366 g/mol. The Morgan fingerprint density at radius 1 is 1.19 bits per heavy atom. The van der Waals surface area contributed by atoms with Crippen molar-refractivity contribution in [3.8, 4) is 5.75 Å². The maximum atomic E-state index is 12.3. The van der Waals surface area contributed by atoms with Gasteiger partial charge in [-0.3, -0.25) is 14.9 Å². The molecule has 3 rings (SSSR count). The zero-order chi connectivity index (χ0) is 18.7. The van der Waals surface area contributed by atoms with Gasteiger partial charge >= 0.3 is 6.36 Å². The molecule has 1 aliphatic heterocycles. The van der Waals surface area contributed by atoms with Crippen molar-refractivity contribution in [1.29, 1.82) is 0 Å². The van der Waals surface area contributed by atoms with Crippen LogP contribution in [-0.4, -0.2) is 28.9 Å². The van der Waals surface area contributed by atoms with Crippen LogP contribution in [0.1, 0.15) is 27.0 Å². The topological polar surface area (TPSA) is 61.8 Å². The minimum atomic E-state index is -4.71. The molecule has 1 aliphatic rings. The summed E-state index contributed by atoms with van der Waals surface area (Å²) in [5.74, 6) is -0.788. The Balaban J connectivity index is 1.68. The molecule has 0 fully saturated rings. The highest BCUT2D eigenvalue weighted by atomic mass is 19.4. The summed E-state index contributed by atoms with van der Waals surface area (Å²) >= 11 is 0. The minimum absolute atomic E-state index is 0.230. The Bertz CT molecular complexity index is 809. The number of hydrogen-bond donors (Lipinski definition) is 2. The number of alkyl halides is 3. The van der Waals surface area contributed by atoms with Gasteiger partial charge in [0.15, 0.2) is 0 Å². The molecule has 0 aromatic heterocycles. The standard InChI is InChI=1S/C18H17F3N2O3/c19-18(20,21)26-16-3-1-2-12(8-16)10-23-7-6-13-9-14(17(24)22-25)4-5-15(13)11-23/h1-5,8-9,25H,6-7,10-11H2,(H,22,24). The van der Waals surface area contributed by atoms with E-state index in [4.69, 9.17) is 5.21 Å². The lowest BCUT2D eigenvalue weighted by Crippen LogP contribution is -2.30. The van der Waals surface area contributed by atoms with E-state index < -0.39 is 12.3 Å². The second-order valence-electron chi connectivity index (χ2n) is 6.08. The van der Waals surface area contributed by atoms with Crippen molar-refractivity contribution in [2.24, 2.45) is 0 Å². The highest BCUT2D eigenvalue weighted by Gasteiger charge is 2.31. The lowest BCUT2D eigenvalue weighted by Gasteiger charge is -2.29. The maximum Gasteiger partial charge on any atom is 0.573 e. The number of fused-ring (bicyclic) bond motifs is 1. The van der Waals surface area contributed by atoms with Gasteiger partial charge in [-0.25, -0.2) is 5.48 Å². The first-order chi connectivity index (χ1) is 12.3. The molecule has 0 spiro atoms. The fraction of sp³-hybridized carbons (Fsp3) is 0.278. The number of hydrogen-bond acceptors (Lipinski definition) is 4. The third-order valence-corrected chi connectivity index (χ3v) is 4.20. The van der Waals surface area contributed by atoms with E-state index in [-0.39, 0.29) is 5.75 Å². The molecule has 5 nitrogen and oxygen atoms in total. The normalized spacial score (nSPS) is 14.6. The quantitative estimate of drug-likeness (QED) is 0.644. The van der Waals surface area contributed by atoms with E-state index in [1.165, 1.54) is 18.2 Å². The van der Waals surface area contributed by atoms with E-state index in [2.05, 4.69) is 9.64 Å². The van der Waals surface area contributed by atoms with Crippen LogP contribution in [0.25, 0.3) is 0 Å². The van der Waals surface area contributed by atoms with Gasteiger partial charge < -0.3 is 4.74 Å². The first-order valence-corrected chi connectivity index (χ1v) is 7.97. The van der Waals surface area contributed by atoms with Gasteiger partial charge in [-0.1, -0.05) is 18.2 Å². The summed E-state index contributed by atoms with van der Waals surface area (Å²) in [6, 6.07) is 11.2. The number of nitrogens with one attached hydrogen (secondary N) is 1. The third kappa shape index (κ3) is 4.53. The fourth-order valence-corrected chi connectivity index (χ4v) is 3.05. The molecule has 2 aromatic carbocycles. The molecule has 1 heterocycles. The van der Waals surface area contributed by atoms with Crippen molar-refractivity contribution in [2.75, 3.05) is 6.54 Å². The zero-order valence-electron chi connectivity index (χ0n) is 13.7. The molecule has 26 heavy (non-hydrogen) atoms. The van der Waals surface area contributed by atoms with Crippen molar-refractivity contribution in [1.82, 2.24) is 10.4 Å². The summed E-state index contributed by atoms with van der Waals surface area (Å²) in [5, 5.41) is 8.70. The molecular weight excluding hydrogens is 349 g/mol. The molecule has 0 saturated heterocycles. The van der Waals surface area contributed by atoms with Crippen molar-refractivity contribution in [3.05, 3.63) is 64.7 Å². The molecule has 8 heteroatoms. The van der Waals surface area contributed by atoms with Crippen LogP contribution in [-0.2, 0) is 19.5 Å². The van der Waals surface area contributed by atoms with Crippen LogP contribution in [0.3, 0.4) is 0 Å². The predicted molar refractivity (Wildman–Crippen MR) is 86.6 cm³/mol. The van der Waals surface area contributed by atoms with E-state index in [9.17, 15) is 18.0 Å². The Morgan fingerprint density at radius 3 is 2.73 bits per heavy atom. The Morgan fingerprint density at radius 2 is 2.00 bits per heavy atom. The van der Waals surface area contributed by atoms with Crippen LogP contribution in [0.5, 0.6) is 5.75 Å². The number of ether oxygens (including phenoxy) is 1. The summed E-state index contributed by atoms with van der Waals surface area (Å²) in [6.45, 7) is 1.83. The maximum absolute atomic E-state index is 12.3. The SMILES string of the molecule is O=C(NO)c1ccc2c(c1)CCN(Cc1cccc(OC(F)(F)F)c1)C2. The second-order valence-corrected chi connectivity index (χ2v) is 6.08. The summed E-state index contributed by atoms with van der Waals surface area (Å²) in [7, 11) is 0. The van der Waals surface area contributed by atoms with Gasteiger partial charge in [-0.15, -0.1) is 13.2 Å². The predicted octanol–water partition coefficient (Wildman–Crippen LogP) is 3.26. The number of amides is 1. The monoisotopic (exact) mass is 366 g/mol. The van der Waals surface area contributed by atoms with Crippen LogP contribution in [0.2, 0.25) is 0 Å². The van der Waals surface area contributed by atoms with Crippen LogP contribution in [0.4, 0.5) is 13.2 Å². The smallest absolute Gasteiger partial charge is 0.406 e. The average Bonchev–Trinajstić information content (AvgIpc) is 2.59. The van der Waals surface area contributed by atoms with Crippen molar-refractivity contribution in [3.63, 3.8) is 0 Å². The molecule has 2 aromatic rings. The van der Waals surface area contributed by atoms with Gasteiger partial charge in [0.1, 0.15) is 5.75 Å². The Hall–Kier alpha value is -2.58. The molecule has 138 valence electrons. The number of carbonyl (C=O) groups is 1. The van der Waals surface area contributed by atoms with E-state index in [0.717, 1.165) is 16.7 Å². The lowest BCUT2D eigenvalue weighted by atomic mass is 9.96. The molecule has 0 radical (unpaired) electrons. The molecule has 2 N–H and O–H groups in total. The summed E-state index contributed by atoms with van der Waals surface area (Å²) < 4.78 is 41.0. The van der Waals surface area contributed by atoms with Gasteiger partial charge in [-0.2, -0.15) is 0 Å². The first-order valence-electron chi connectivity index (χ1n) is 7.97. The Kier molecular flexibility index (Phi) is 5.15. The van der Waals surface area contributed by atoms with Crippen LogP contribution in [0.15, 0.2) is 42.5 Å². The molecular formula is C18H17F3N2O3. The van der Waals surface area contributed by atoms with Gasteiger partial charge in [0, 0.05) is 25.2 Å². The molecule has 0 bridgehead atoms. The van der Waals surface area contributed by atoms with Crippen molar-refractivity contribution >= 4 is 5.91 Å². The number of benzene rings is 2. The number of nitrogens with zero attached hydrogens (tertiary/aromatic N) is 1. The molecule has 0 saturated carbocycles. The number of halogens is 3. The van der Waals surface area contributed by atoms with E-state index in [1.54, 1.807) is 23.7 Å². The third-order valence-electron chi connectivity index (χ3n) is 4.20. The van der Waals surface area contributed by atoms with Gasteiger partial charge in [0.25, 0.3) is 5.91 Å². The lowest BCUT2D eigenvalue weighted by molar-refractivity contribution is -0.274. The van der Waals surface area contributed by atoms with Crippen molar-refractivity contribution in [2.45, 2.75) is 25.9 Å². The minimum Gasteiger partial charge on any atom is -0.406 e. The highest BCUT2D eigenvalue weighted by molar-refractivity contribution is 5.93. The zero-order valence-corrected chi connectivity index (χ0v) is 13.7. The van der Waals surface area contributed by atoms with E-state index in [1.807, 2.05) is 6.07 Å². The Labute approximate surface area is 148 Å². The molecule has 0 atom stereocenters. The summed E-state index contributed by atoms with van der Waals surface area (Å²) in [4.78, 5) is 13.6. The van der Waals surface area contributed by atoms with E-state index in [0.29, 0.717) is 31.6 Å². The van der Waals surface area contributed by atoms with E-state index >= 15 is 0 Å². The number of rotatable bonds is 4. The fourth-order valence-electron chi connectivity index (χ4n) is 3.05. The van der Waals surface area contributed by atoms with Crippen LogP contribution >= 0.6 is 0 Å². The van der Waals surface area contributed by atoms with Gasteiger partial charge in [-0.05, 0) is 47.4 Å². The van der Waals surface area contributed by atoms with Crippen LogP contribution < -0.4 is 10.2 Å². The number of carbonyl (C=O) groups excluding carboxylic acids is 1. The van der Waals surface area contributed by atoms with Gasteiger partial charge in [0.2, 0.25) is 0 Å². The largest absolute Gasteiger partial charge is 0.573 e. The summed E-state index contributed by atoms with van der Waals surface area (Å²) in [5.41, 5.74) is 4.80. The molecule has 1 amide bonds. The van der Waals surface area contributed by atoms with Crippen LogP contribution in [0, 0.1) is 0 Å². The molecule has 0 unspecified atom stereocenters. The molecule has 0 aliphatic carbocycles. The highest BCUT2D eigenvalue weighted by Crippen LogP contribution is 2.26. The van der Waals surface area contributed by atoms with Crippen molar-refractivity contribution < 1.29 is 27.9 Å². The first kappa shape index (κ1) is 18.2. The number of hydroxylamine groups is 1. The second kappa shape index (κ2) is 7.35.